The van der Waals surface area contributed by atoms with E-state index in [1.165, 1.54) is 5.56 Å². The van der Waals surface area contributed by atoms with Crippen LogP contribution >= 0.6 is 0 Å². The Morgan fingerprint density at radius 2 is 1.65 bits per heavy atom. The van der Waals surface area contributed by atoms with Gasteiger partial charge >= 0.3 is 5.97 Å². The smallest absolute Gasteiger partial charge is 0.305 e. The van der Waals surface area contributed by atoms with Gasteiger partial charge in [-0.15, -0.1) is 0 Å². The first kappa shape index (κ1) is 26.3. The van der Waals surface area contributed by atoms with Crippen LogP contribution in [0.4, 0.5) is 5.95 Å². The van der Waals surface area contributed by atoms with Crippen LogP contribution in [0.3, 0.4) is 0 Å². The maximum Gasteiger partial charge on any atom is 0.305 e. The van der Waals surface area contributed by atoms with Gasteiger partial charge in [0.15, 0.2) is 0 Å². The summed E-state index contributed by atoms with van der Waals surface area (Å²) in [6, 6.07) is 20.3. The number of carboxylic acids is 1. The molecule has 3 aromatic rings. The van der Waals surface area contributed by atoms with Crippen molar-refractivity contribution >= 4 is 17.8 Å². The lowest BCUT2D eigenvalue weighted by Gasteiger charge is -2.32. The molecule has 2 aromatic carbocycles. The number of aliphatic carboxylic acids is 1. The second kappa shape index (κ2) is 13.0. The van der Waals surface area contributed by atoms with Crippen LogP contribution in [0.15, 0.2) is 66.9 Å². The van der Waals surface area contributed by atoms with Gasteiger partial charge in [0.05, 0.1) is 17.7 Å². The predicted molar refractivity (Wildman–Crippen MR) is 145 cm³/mol. The minimum atomic E-state index is -0.929. The fourth-order valence-electron chi connectivity index (χ4n) is 4.91. The van der Waals surface area contributed by atoms with Crippen molar-refractivity contribution in [1.29, 1.82) is 0 Å². The molecule has 0 spiro atoms. The molecule has 0 atom stereocenters. The Balaban J connectivity index is 1.47. The van der Waals surface area contributed by atoms with Gasteiger partial charge in [-0.25, -0.2) is 9.97 Å². The van der Waals surface area contributed by atoms with Gasteiger partial charge in [-0.05, 0) is 42.7 Å². The number of rotatable bonds is 11. The van der Waals surface area contributed by atoms with E-state index in [2.05, 4.69) is 47.1 Å². The van der Waals surface area contributed by atoms with E-state index in [1.54, 1.807) is 11.1 Å². The third-order valence-corrected chi connectivity index (χ3v) is 6.94. The normalized spacial score (nSPS) is 13.9. The Hall–Kier alpha value is -3.74. The van der Waals surface area contributed by atoms with Gasteiger partial charge in [-0.2, -0.15) is 0 Å². The quantitative estimate of drug-likeness (QED) is 0.399. The lowest BCUT2D eigenvalue weighted by atomic mass is 9.90. The lowest BCUT2D eigenvalue weighted by molar-refractivity contribution is -0.137. The van der Waals surface area contributed by atoms with Crippen molar-refractivity contribution in [2.75, 3.05) is 24.5 Å². The maximum atomic E-state index is 13.6. The molecule has 194 valence electrons. The lowest BCUT2D eigenvalue weighted by Crippen LogP contribution is -2.36. The van der Waals surface area contributed by atoms with Gasteiger partial charge in [0.1, 0.15) is 0 Å². The van der Waals surface area contributed by atoms with Gasteiger partial charge < -0.3 is 14.9 Å². The van der Waals surface area contributed by atoms with Crippen LogP contribution in [0.5, 0.6) is 0 Å². The number of piperidine rings is 1. The molecule has 0 saturated carbocycles. The Morgan fingerprint density at radius 3 is 2.27 bits per heavy atom. The summed E-state index contributed by atoms with van der Waals surface area (Å²) in [5.41, 5.74) is 3.53. The molecule has 4 rings (SSSR count). The molecule has 1 aromatic heterocycles. The van der Waals surface area contributed by atoms with Crippen LogP contribution in [0.1, 0.15) is 59.8 Å². The van der Waals surface area contributed by atoms with Crippen LogP contribution in [0, 0.1) is 5.92 Å². The Morgan fingerprint density at radius 1 is 1.00 bits per heavy atom. The summed E-state index contributed by atoms with van der Waals surface area (Å²) in [6.45, 7) is 4.34. The molecule has 7 heteroatoms. The van der Waals surface area contributed by atoms with E-state index < -0.39 is 5.97 Å². The standard InChI is InChI=1S/C30H36N4O3/c1-2-9-27-26(29(37)34(19-16-28(35)36)22-25-12-7-4-8-13-25)21-31-30(32-27)33-17-14-24(15-18-33)20-23-10-5-3-6-11-23/h3-8,10-13,21,24H,2,9,14-20,22H2,1H3,(H,35,36). The molecule has 1 aliphatic rings. The van der Waals surface area contributed by atoms with Crippen molar-refractivity contribution in [1.82, 2.24) is 14.9 Å². The highest BCUT2D eigenvalue weighted by atomic mass is 16.4. The summed E-state index contributed by atoms with van der Waals surface area (Å²) in [5.74, 6) is 0.178. The van der Waals surface area contributed by atoms with Crippen LogP contribution in [0.25, 0.3) is 0 Å². The van der Waals surface area contributed by atoms with Gasteiger partial charge in [0.25, 0.3) is 5.91 Å². The molecule has 1 fully saturated rings. The van der Waals surface area contributed by atoms with Crippen LogP contribution < -0.4 is 4.90 Å². The fraction of sp³-hybridized carbons (Fsp3) is 0.400. The Kier molecular flexibility index (Phi) is 9.24. The highest BCUT2D eigenvalue weighted by Crippen LogP contribution is 2.25. The number of nitrogens with zero attached hydrogens (tertiary/aromatic N) is 4. The number of hydrogen-bond acceptors (Lipinski definition) is 5. The third-order valence-electron chi connectivity index (χ3n) is 6.94. The molecular weight excluding hydrogens is 464 g/mol. The second-order valence-corrected chi connectivity index (χ2v) is 9.76. The second-order valence-electron chi connectivity index (χ2n) is 9.76. The summed E-state index contributed by atoms with van der Waals surface area (Å²) >= 11 is 0. The SMILES string of the molecule is CCCc1nc(N2CCC(Cc3ccccc3)CC2)ncc1C(=O)N(CCC(=O)O)Cc1ccccc1. The molecule has 7 nitrogen and oxygen atoms in total. The first-order chi connectivity index (χ1) is 18.0. The largest absolute Gasteiger partial charge is 0.481 e. The predicted octanol–water partition coefficient (Wildman–Crippen LogP) is 5.01. The summed E-state index contributed by atoms with van der Waals surface area (Å²) in [4.78, 5) is 38.1. The number of carboxylic acid groups (broad SMARTS) is 1. The third kappa shape index (κ3) is 7.38. The van der Waals surface area contributed by atoms with E-state index in [4.69, 9.17) is 4.98 Å². The molecule has 1 amide bonds. The highest BCUT2D eigenvalue weighted by molar-refractivity contribution is 5.95. The van der Waals surface area contributed by atoms with Gasteiger partial charge in [-0.3, -0.25) is 9.59 Å². The average molecular weight is 501 g/mol. The van der Waals surface area contributed by atoms with Crippen molar-refractivity contribution in [2.45, 2.75) is 52.0 Å². The maximum absolute atomic E-state index is 13.6. The molecule has 0 radical (unpaired) electrons. The van der Waals surface area contributed by atoms with Gasteiger partial charge in [0, 0.05) is 32.4 Å². The highest BCUT2D eigenvalue weighted by Gasteiger charge is 2.25. The van der Waals surface area contributed by atoms with Crippen LogP contribution in [-0.2, 0) is 24.2 Å². The van der Waals surface area contributed by atoms with Crippen molar-refractivity contribution in [3.8, 4) is 0 Å². The van der Waals surface area contributed by atoms with E-state index in [9.17, 15) is 14.7 Å². The van der Waals surface area contributed by atoms with Crippen molar-refractivity contribution in [3.05, 3.63) is 89.2 Å². The molecule has 2 heterocycles. The molecule has 0 aliphatic carbocycles. The Bertz CT molecular complexity index is 1160. The molecule has 37 heavy (non-hydrogen) atoms. The van der Waals surface area contributed by atoms with E-state index in [0.29, 0.717) is 30.4 Å². The zero-order valence-electron chi connectivity index (χ0n) is 21.6. The topological polar surface area (TPSA) is 86.6 Å². The summed E-state index contributed by atoms with van der Waals surface area (Å²) < 4.78 is 0. The van der Waals surface area contributed by atoms with Gasteiger partial charge in [-0.1, -0.05) is 74.0 Å². The number of aryl methyl sites for hydroxylation is 1. The monoisotopic (exact) mass is 500 g/mol. The summed E-state index contributed by atoms with van der Waals surface area (Å²) in [6.07, 6.45) is 6.31. The number of hydrogen-bond donors (Lipinski definition) is 1. The zero-order chi connectivity index (χ0) is 26.0. The first-order valence-electron chi connectivity index (χ1n) is 13.2. The molecule has 0 bridgehead atoms. The number of benzene rings is 2. The first-order valence-corrected chi connectivity index (χ1v) is 13.2. The fourth-order valence-corrected chi connectivity index (χ4v) is 4.91. The minimum Gasteiger partial charge on any atom is -0.481 e. The molecule has 1 N–H and O–H groups in total. The number of carbonyl (C=O) groups is 2. The van der Waals surface area contributed by atoms with Crippen molar-refractivity contribution < 1.29 is 14.7 Å². The summed E-state index contributed by atoms with van der Waals surface area (Å²) in [5, 5.41) is 9.23. The molecule has 1 aliphatic heterocycles. The van der Waals surface area contributed by atoms with E-state index in [-0.39, 0.29) is 18.9 Å². The van der Waals surface area contributed by atoms with Crippen LogP contribution in [0.2, 0.25) is 0 Å². The van der Waals surface area contributed by atoms with Gasteiger partial charge in [0.2, 0.25) is 5.95 Å². The number of aromatic nitrogens is 2. The van der Waals surface area contributed by atoms with Crippen molar-refractivity contribution in [3.63, 3.8) is 0 Å². The van der Waals surface area contributed by atoms with E-state index >= 15 is 0 Å². The van der Waals surface area contributed by atoms with Crippen molar-refractivity contribution in [2.24, 2.45) is 5.92 Å². The molecule has 1 saturated heterocycles. The number of anilines is 1. The number of carbonyl (C=O) groups excluding carboxylic acids is 1. The Labute approximate surface area is 219 Å². The summed E-state index contributed by atoms with van der Waals surface area (Å²) in [7, 11) is 0. The van der Waals surface area contributed by atoms with Crippen LogP contribution in [-0.4, -0.2) is 51.5 Å². The van der Waals surface area contributed by atoms with E-state index in [1.807, 2.05) is 30.3 Å². The minimum absolute atomic E-state index is 0.113. The number of amides is 1. The zero-order valence-corrected chi connectivity index (χ0v) is 21.6. The average Bonchev–Trinajstić information content (AvgIpc) is 2.92. The molecule has 0 unspecified atom stereocenters. The molecular formula is C30H36N4O3. The van der Waals surface area contributed by atoms with E-state index in [0.717, 1.165) is 50.0 Å².